The Morgan fingerprint density at radius 3 is 2.53 bits per heavy atom. The standard InChI is InChI=1S/C27H19ClN2O2/c28-21-12-13-25-22(15-21)24-16-23(20-11-10-17-6-4-5-9-19(17)14-20)29-30(24)27(32-25)26(31)18-7-2-1-3-8-18/h1-15,24,27H,16H2. The fraction of sp³-hybridized carbons (Fsp3) is 0.111. The number of fused-ring (bicyclic) bond motifs is 4. The van der Waals surface area contributed by atoms with Gasteiger partial charge in [0.05, 0.1) is 11.8 Å². The largest absolute Gasteiger partial charge is 0.461 e. The lowest BCUT2D eigenvalue weighted by atomic mass is 9.95. The Hall–Kier alpha value is -3.63. The molecule has 0 aliphatic carbocycles. The second kappa shape index (κ2) is 7.50. The first-order valence-corrected chi connectivity index (χ1v) is 11.0. The van der Waals surface area contributed by atoms with Crippen LogP contribution in [-0.4, -0.2) is 22.7 Å². The lowest BCUT2D eigenvalue weighted by Gasteiger charge is -2.37. The summed E-state index contributed by atoms with van der Waals surface area (Å²) < 4.78 is 6.18. The Balaban J connectivity index is 1.44. The summed E-state index contributed by atoms with van der Waals surface area (Å²) in [6.07, 6.45) is -0.151. The van der Waals surface area contributed by atoms with Gasteiger partial charge in [0.2, 0.25) is 5.78 Å². The second-order valence-electron chi connectivity index (χ2n) is 8.09. The number of hydrogen-bond acceptors (Lipinski definition) is 4. The van der Waals surface area contributed by atoms with Gasteiger partial charge in [0.15, 0.2) is 0 Å². The molecule has 4 aromatic rings. The van der Waals surface area contributed by atoms with Gasteiger partial charge in [-0.3, -0.25) is 4.79 Å². The number of ether oxygens (including phenoxy) is 1. The second-order valence-corrected chi connectivity index (χ2v) is 8.53. The van der Waals surface area contributed by atoms with Crippen molar-refractivity contribution in [1.29, 1.82) is 0 Å². The summed E-state index contributed by atoms with van der Waals surface area (Å²) >= 11 is 6.30. The van der Waals surface area contributed by atoms with Crippen LogP contribution in [0.15, 0.2) is 96.1 Å². The van der Waals surface area contributed by atoms with Crippen LogP contribution in [0.3, 0.4) is 0 Å². The van der Waals surface area contributed by atoms with Crippen LogP contribution in [0.2, 0.25) is 5.02 Å². The predicted octanol–water partition coefficient (Wildman–Crippen LogP) is 6.25. The maximum absolute atomic E-state index is 13.4. The zero-order chi connectivity index (χ0) is 21.7. The van der Waals surface area contributed by atoms with Gasteiger partial charge in [-0.2, -0.15) is 5.10 Å². The molecule has 6 rings (SSSR count). The number of ketones is 1. The summed E-state index contributed by atoms with van der Waals surface area (Å²) in [5.41, 5.74) is 3.53. The fourth-order valence-corrected chi connectivity index (χ4v) is 4.70. The molecule has 156 valence electrons. The van der Waals surface area contributed by atoms with E-state index in [2.05, 4.69) is 30.3 Å². The first kappa shape index (κ1) is 19.1. The van der Waals surface area contributed by atoms with Crippen molar-refractivity contribution in [2.75, 3.05) is 0 Å². The van der Waals surface area contributed by atoms with E-state index in [4.69, 9.17) is 21.4 Å². The molecule has 5 heteroatoms. The van der Waals surface area contributed by atoms with Crippen LogP contribution in [0.1, 0.15) is 33.9 Å². The van der Waals surface area contributed by atoms with E-state index < -0.39 is 6.23 Å². The molecule has 0 amide bonds. The highest BCUT2D eigenvalue weighted by Gasteiger charge is 2.43. The monoisotopic (exact) mass is 438 g/mol. The molecule has 4 aromatic carbocycles. The quantitative estimate of drug-likeness (QED) is 0.355. The van der Waals surface area contributed by atoms with E-state index in [-0.39, 0.29) is 11.8 Å². The van der Waals surface area contributed by atoms with Crippen molar-refractivity contribution < 1.29 is 9.53 Å². The molecule has 32 heavy (non-hydrogen) atoms. The number of halogens is 1. The van der Waals surface area contributed by atoms with E-state index in [1.807, 2.05) is 54.6 Å². The smallest absolute Gasteiger partial charge is 0.251 e. The van der Waals surface area contributed by atoms with Crippen LogP contribution in [0.5, 0.6) is 5.75 Å². The summed E-state index contributed by atoms with van der Waals surface area (Å²) in [5, 5.41) is 9.69. The molecule has 0 saturated carbocycles. The van der Waals surface area contributed by atoms with Crippen molar-refractivity contribution >= 4 is 33.9 Å². The van der Waals surface area contributed by atoms with Crippen molar-refractivity contribution in [2.45, 2.75) is 18.7 Å². The molecule has 0 spiro atoms. The molecule has 2 aliphatic heterocycles. The molecule has 0 N–H and O–H groups in total. The molecule has 0 saturated heterocycles. The highest BCUT2D eigenvalue weighted by atomic mass is 35.5. The van der Waals surface area contributed by atoms with Gasteiger partial charge in [0.25, 0.3) is 6.23 Å². The zero-order valence-electron chi connectivity index (χ0n) is 17.1. The van der Waals surface area contributed by atoms with E-state index in [0.29, 0.717) is 22.8 Å². The van der Waals surface area contributed by atoms with Gasteiger partial charge in [-0.1, -0.05) is 78.3 Å². The third kappa shape index (κ3) is 3.15. The molecule has 4 nitrogen and oxygen atoms in total. The molecular formula is C27H19ClN2O2. The molecule has 2 aliphatic rings. The fourth-order valence-electron chi connectivity index (χ4n) is 4.52. The average molecular weight is 439 g/mol. The van der Waals surface area contributed by atoms with Crippen LogP contribution in [-0.2, 0) is 0 Å². The highest BCUT2D eigenvalue weighted by molar-refractivity contribution is 6.30. The number of rotatable bonds is 3. The summed E-state index contributed by atoms with van der Waals surface area (Å²) in [6, 6.07) is 29.3. The lowest BCUT2D eigenvalue weighted by Crippen LogP contribution is -2.45. The van der Waals surface area contributed by atoms with E-state index in [0.717, 1.165) is 22.2 Å². The van der Waals surface area contributed by atoms with Gasteiger partial charge in [0, 0.05) is 22.6 Å². The minimum atomic E-state index is -0.825. The van der Waals surface area contributed by atoms with Crippen molar-refractivity contribution in [3.8, 4) is 5.75 Å². The third-order valence-electron chi connectivity index (χ3n) is 6.12. The van der Waals surface area contributed by atoms with Gasteiger partial charge in [-0.25, -0.2) is 5.01 Å². The zero-order valence-corrected chi connectivity index (χ0v) is 17.9. The normalized spacial score (nSPS) is 19.2. The van der Waals surface area contributed by atoms with Gasteiger partial charge < -0.3 is 4.74 Å². The lowest BCUT2D eigenvalue weighted by molar-refractivity contribution is -0.00455. The Kier molecular flexibility index (Phi) is 4.47. The Labute approximate surface area is 190 Å². The summed E-state index contributed by atoms with van der Waals surface area (Å²) in [4.78, 5) is 13.4. The molecule has 2 atom stereocenters. The maximum Gasteiger partial charge on any atom is 0.251 e. The topological polar surface area (TPSA) is 41.9 Å². The minimum Gasteiger partial charge on any atom is -0.461 e. The van der Waals surface area contributed by atoms with Crippen molar-refractivity contribution in [3.05, 3.63) is 113 Å². The molecule has 0 bridgehead atoms. The molecular weight excluding hydrogens is 420 g/mol. The average Bonchev–Trinajstić information content (AvgIpc) is 3.29. The first-order chi connectivity index (χ1) is 15.7. The predicted molar refractivity (Wildman–Crippen MR) is 126 cm³/mol. The van der Waals surface area contributed by atoms with Crippen molar-refractivity contribution in [3.63, 3.8) is 0 Å². The van der Waals surface area contributed by atoms with E-state index >= 15 is 0 Å². The highest BCUT2D eigenvalue weighted by Crippen LogP contribution is 2.44. The summed E-state index contributed by atoms with van der Waals surface area (Å²) in [6.45, 7) is 0. The Morgan fingerprint density at radius 2 is 1.69 bits per heavy atom. The van der Waals surface area contributed by atoms with E-state index in [1.165, 1.54) is 5.39 Å². The van der Waals surface area contributed by atoms with Crippen LogP contribution in [0.4, 0.5) is 0 Å². The summed E-state index contributed by atoms with van der Waals surface area (Å²) in [7, 11) is 0. The first-order valence-electron chi connectivity index (χ1n) is 10.6. The number of nitrogens with zero attached hydrogens (tertiary/aromatic N) is 2. The Morgan fingerprint density at radius 1 is 0.906 bits per heavy atom. The van der Waals surface area contributed by atoms with Gasteiger partial charge in [-0.15, -0.1) is 0 Å². The molecule has 2 heterocycles. The van der Waals surface area contributed by atoms with Crippen molar-refractivity contribution in [1.82, 2.24) is 5.01 Å². The van der Waals surface area contributed by atoms with Crippen LogP contribution in [0, 0.1) is 0 Å². The SMILES string of the molecule is O=C(c1ccccc1)C1Oc2ccc(Cl)cc2C2CC(c3ccc4ccccc4c3)=NN12. The molecule has 0 fully saturated rings. The van der Waals surface area contributed by atoms with Gasteiger partial charge in [0.1, 0.15) is 5.75 Å². The number of Topliss-reactive ketones (excluding diaryl/α,β-unsaturated/α-hetero) is 1. The Bertz CT molecular complexity index is 1380. The van der Waals surface area contributed by atoms with E-state index in [9.17, 15) is 4.79 Å². The van der Waals surface area contributed by atoms with Gasteiger partial charge >= 0.3 is 0 Å². The van der Waals surface area contributed by atoms with Gasteiger partial charge in [-0.05, 0) is 40.6 Å². The molecule has 0 radical (unpaired) electrons. The number of benzene rings is 4. The number of hydrogen-bond donors (Lipinski definition) is 0. The molecule has 2 unspecified atom stereocenters. The van der Waals surface area contributed by atoms with Crippen LogP contribution < -0.4 is 4.74 Å². The minimum absolute atomic E-state index is 0.111. The van der Waals surface area contributed by atoms with Crippen LogP contribution >= 0.6 is 11.6 Å². The van der Waals surface area contributed by atoms with Crippen molar-refractivity contribution in [2.24, 2.45) is 5.10 Å². The third-order valence-corrected chi connectivity index (χ3v) is 6.35. The maximum atomic E-state index is 13.4. The number of carbonyl (C=O) groups is 1. The molecule has 0 aromatic heterocycles. The summed E-state index contributed by atoms with van der Waals surface area (Å²) in [5.74, 6) is 0.569. The van der Waals surface area contributed by atoms with E-state index in [1.54, 1.807) is 11.1 Å². The number of hydrazone groups is 1. The van der Waals surface area contributed by atoms with Crippen LogP contribution in [0.25, 0.3) is 10.8 Å². The number of carbonyl (C=O) groups excluding carboxylic acids is 1.